The second kappa shape index (κ2) is 10.2. The van der Waals surface area contributed by atoms with Crippen molar-refractivity contribution in [1.29, 1.82) is 0 Å². The highest BCUT2D eigenvalue weighted by molar-refractivity contribution is 9.10. The third kappa shape index (κ3) is 7.22. The molecule has 24 heavy (non-hydrogen) atoms. The van der Waals surface area contributed by atoms with Gasteiger partial charge in [0, 0.05) is 10.2 Å². The quantitative estimate of drug-likeness (QED) is 0.560. The summed E-state index contributed by atoms with van der Waals surface area (Å²) in [5.74, 6) is -0.526. The number of benzene rings is 1. The molecule has 1 aromatic carbocycles. The molecule has 1 aromatic rings. The first-order valence-corrected chi connectivity index (χ1v) is 9.34. The van der Waals surface area contributed by atoms with Crippen LogP contribution in [0.1, 0.15) is 13.3 Å². The Balaban J connectivity index is 2.62. The molecule has 2 atom stereocenters. The number of amides is 3. The molecular weight excluding hydrogens is 398 g/mol. The first-order valence-electron chi connectivity index (χ1n) is 7.15. The van der Waals surface area contributed by atoms with Gasteiger partial charge in [-0.3, -0.25) is 4.79 Å². The molecule has 0 radical (unpaired) electrons. The second-order valence-corrected chi connectivity index (χ2v) is 6.82. The number of carbonyl (C=O) groups excluding carboxylic acids is 3. The van der Waals surface area contributed by atoms with Crippen LogP contribution in [0.4, 0.5) is 10.5 Å². The Bertz CT molecular complexity index is 600. The van der Waals surface area contributed by atoms with E-state index in [4.69, 9.17) is 10.5 Å². The molecule has 0 unspecified atom stereocenters. The third-order valence-corrected chi connectivity index (χ3v) is 4.10. The Morgan fingerprint density at radius 2 is 2.08 bits per heavy atom. The largest absolute Gasteiger partial charge is 0.451 e. The standard InChI is InChI=1S/C15H20BrN3O4S/c1-9(13(20)18-11-5-3-4-10(16)8-11)23-14(21)12(6-7-24-2)19-15(17)22/h3-5,8-9,12H,6-7H2,1-2H3,(H,18,20)(H3,17,19,22)/t9-,12+/m0/s1. The molecular formula is C15H20BrN3O4S. The summed E-state index contributed by atoms with van der Waals surface area (Å²) in [6.07, 6.45) is 1.23. The van der Waals surface area contributed by atoms with Crippen molar-refractivity contribution >= 4 is 51.3 Å². The summed E-state index contributed by atoms with van der Waals surface area (Å²) in [5.41, 5.74) is 5.64. The van der Waals surface area contributed by atoms with E-state index >= 15 is 0 Å². The van der Waals surface area contributed by atoms with Crippen LogP contribution in [-0.2, 0) is 14.3 Å². The SMILES string of the molecule is CSCC[C@@H](NC(N)=O)C(=O)O[C@@H](C)C(=O)Nc1cccc(Br)c1. The molecule has 0 spiro atoms. The number of nitrogens with two attached hydrogens (primary N) is 1. The van der Waals surface area contributed by atoms with Gasteiger partial charge in [-0.15, -0.1) is 0 Å². The van der Waals surface area contributed by atoms with Crippen LogP contribution < -0.4 is 16.4 Å². The van der Waals surface area contributed by atoms with Gasteiger partial charge in [-0.1, -0.05) is 22.0 Å². The van der Waals surface area contributed by atoms with Crippen LogP contribution in [0.25, 0.3) is 0 Å². The average Bonchev–Trinajstić information content (AvgIpc) is 2.50. The Kier molecular flexibility index (Phi) is 8.62. The lowest BCUT2D eigenvalue weighted by Gasteiger charge is -2.19. The topological polar surface area (TPSA) is 111 Å². The molecule has 0 saturated heterocycles. The van der Waals surface area contributed by atoms with Gasteiger partial charge in [0.2, 0.25) is 0 Å². The minimum Gasteiger partial charge on any atom is -0.451 e. The number of halogens is 1. The second-order valence-electron chi connectivity index (χ2n) is 4.92. The van der Waals surface area contributed by atoms with Gasteiger partial charge in [0.15, 0.2) is 6.10 Å². The molecule has 0 aliphatic heterocycles. The van der Waals surface area contributed by atoms with Crippen molar-refractivity contribution in [3.8, 4) is 0 Å². The van der Waals surface area contributed by atoms with E-state index in [0.29, 0.717) is 17.9 Å². The molecule has 3 amide bonds. The first-order chi connectivity index (χ1) is 11.3. The number of rotatable bonds is 8. The molecule has 0 saturated carbocycles. The highest BCUT2D eigenvalue weighted by Crippen LogP contribution is 2.16. The maximum absolute atomic E-state index is 12.1. The van der Waals surface area contributed by atoms with Gasteiger partial charge in [0.05, 0.1) is 0 Å². The van der Waals surface area contributed by atoms with E-state index in [1.807, 2.05) is 12.3 Å². The van der Waals surface area contributed by atoms with Gasteiger partial charge in [0.25, 0.3) is 5.91 Å². The molecule has 0 aromatic heterocycles. The molecule has 9 heteroatoms. The van der Waals surface area contributed by atoms with E-state index in [-0.39, 0.29) is 0 Å². The fourth-order valence-corrected chi connectivity index (χ4v) is 2.65. The summed E-state index contributed by atoms with van der Waals surface area (Å²) in [6.45, 7) is 1.46. The van der Waals surface area contributed by atoms with Crippen LogP contribution in [0, 0.1) is 0 Å². The van der Waals surface area contributed by atoms with Gasteiger partial charge in [-0.25, -0.2) is 9.59 Å². The van der Waals surface area contributed by atoms with Crippen LogP contribution >= 0.6 is 27.7 Å². The zero-order valence-corrected chi connectivity index (χ0v) is 15.8. The van der Waals surface area contributed by atoms with Crippen LogP contribution in [0.15, 0.2) is 28.7 Å². The van der Waals surface area contributed by atoms with E-state index in [1.54, 1.807) is 18.2 Å². The van der Waals surface area contributed by atoms with Crippen LogP contribution in [-0.4, -0.2) is 42.1 Å². The van der Waals surface area contributed by atoms with Crippen molar-refractivity contribution in [3.63, 3.8) is 0 Å². The van der Waals surface area contributed by atoms with Crippen molar-refractivity contribution in [2.75, 3.05) is 17.3 Å². The lowest BCUT2D eigenvalue weighted by molar-refractivity contribution is -0.155. The van der Waals surface area contributed by atoms with E-state index in [1.165, 1.54) is 18.7 Å². The van der Waals surface area contributed by atoms with E-state index < -0.39 is 30.1 Å². The molecule has 1 rings (SSSR count). The average molecular weight is 418 g/mol. The maximum Gasteiger partial charge on any atom is 0.329 e. The number of urea groups is 1. The highest BCUT2D eigenvalue weighted by Gasteiger charge is 2.25. The molecule has 0 bridgehead atoms. The van der Waals surface area contributed by atoms with E-state index in [9.17, 15) is 14.4 Å². The summed E-state index contributed by atoms with van der Waals surface area (Å²) in [4.78, 5) is 35.2. The molecule has 7 nitrogen and oxygen atoms in total. The van der Waals surface area contributed by atoms with Crippen LogP contribution in [0.3, 0.4) is 0 Å². The lowest BCUT2D eigenvalue weighted by Crippen LogP contribution is -2.46. The molecule has 0 heterocycles. The smallest absolute Gasteiger partial charge is 0.329 e. The van der Waals surface area contributed by atoms with Crippen LogP contribution in [0.5, 0.6) is 0 Å². The van der Waals surface area contributed by atoms with Crippen molar-refractivity contribution < 1.29 is 19.1 Å². The van der Waals surface area contributed by atoms with Gasteiger partial charge >= 0.3 is 12.0 Å². The fraction of sp³-hybridized carbons (Fsp3) is 0.400. The normalized spacial score (nSPS) is 12.8. The molecule has 0 fully saturated rings. The molecule has 4 N–H and O–H groups in total. The van der Waals surface area contributed by atoms with Gasteiger partial charge in [-0.05, 0) is 43.6 Å². The van der Waals surface area contributed by atoms with Crippen LogP contribution in [0.2, 0.25) is 0 Å². The zero-order chi connectivity index (χ0) is 18.1. The fourth-order valence-electron chi connectivity index (χ4n) is 1.78. The van der Waals surface area contributed by atoms with E-state index in [2.05, 4.69) is 26.6 Å². The maximum atomic E-state index is 12.1. The minimum atomic E-state index is -1.01. The van der Waals surface area contributed by atoms with Gasteiger partial charge < -0.3 is 21.1 Å². The third-order valence-electron chi connectivity index (χ3n) is 2.97. The number of anilines is 1. The van der Waals surface area contributed by atoms with E-state index in [0.717, 1.165) is 4.47 Å². The highest BCUT2D eigenvalue weighted by atomic mass is 79.9. The number of thioether (sulfide) groups is 1. The number of hydrogen-bond acceptors (Lipinski definition) is 5. The Hall–Kier alpha value is -1.74. The van der Waals surface area contributed by atoms with Crippen molar-refractivity contribution in [2.45, 2.75) is 25.5 Å². The molecule has 0 aliphatic carbocycles. The number of carbonyl (C=O) groups is 3. The van der Waals surface area contributed by atoms with Crippen molar-refractivity contribution in [3.05, 3.63) is 28.7 Å². The number of esters is 1. The number of hydrogen-bond donors (Lipinski definition) is 3. The summed E-state index contributed by atoms with van der Waals surface area (Å²) >= 11 is 4.82. The van der Waals surface area contributed by atoms with Crippen molar-refractivity contribution in [1.82, 2.24) is 5.32 Å². The Morgan fingerprint density at radius 3 is 2.67 bits per heavy atom. The Labute approximate surface area is 153 Å². The van der Waals surface area contributed by atoms with Gasteiger partial charge in [0.1, 0.15) is 6.04 Å². The lowest BCUT2D eigenvalue weighted by atomic mass is 10.2. The first kappa shape index (κ1) is 20.3. The Morgan fingerprint density at radius 1 is 1.38 bits per heavy atom. The zero-order valence-electron chi connectivity index (χ0n) is 13.4. The van der Waals surface area contributed by atoms with Crippen molar-refractivity contribution in [2.24, 2.45) is 5.73 Å². The monoisotopic (exact) mass is 417 g/mol. The predicted molar refractivity (Wildman–Crippen MR) is 97.8 cm³/mol. The van der Waals surface area contributed by atoms with Gasteiger partial charge in [-0.2, -0.15) is 11.8 Å². The molecule has 0 aliphatic rings. The summed E-state index contributed by atoms with van der Waals surface area (Å²) in [6, 6.07) is 5.34. The number of ether oxygens (including phenoxy) is 1. The molecule has 132 valence electrons. The number of primary amides is 1. The number of nitrogens with one attached hydrogen (secondary N) is 2. The summed E-state index contributed by atoms with van der Waals surface area (Å²) in [7, 11) is 0. The predicted octanol–water partition coefficient (Wildman–Crippen LogP) is 2.11. The summed E-state index contributed by atoms with van der Waals surface area (Å²) in [5, 5.41) is 4.98. The minimum absolute atomic E-state index is 0.364. The summed E-state index contributed by atoms with van der Waals surface area (Å²) < 4.78 is 5.95.